The van der Waals surface area contributed by atoms with Crippen LogP contribution in [0.1, 0.15) is 32.6 Å². The summed E-state index contributed by atoms with van der Waals surface area (Å²) < 4.78 is 33.6. The number of benzene rings is 1. The Kier molecular flexibility index (Phi) is 7.18. The van der Waals surface area contributed by atoms with E-state index in [1.54, 1.807) is 0 Å². The maximum absolute atomic E-state index is 12.9. The van der Waals surface area contributed by atoms with Gasteiger partial charge in [-0.25, -0.2) is 13.1 Å². The number of hydrogen-bond donors (Lipinski definition) is 2. The molecular weight excluding hydrogens is 370 g/mol. The van der Waals surface area contributed by atoms with Crippen molar-refractivity contribution in [1.82, 2.24) is 4.72 Å². The van der Waals surface area contributed by atoms with E-state index < -0.39 is 20.5 Å². The second-order valence-electron chi connectivity index (χ2n) is 6.20. The third-order valence-electron chi connectivity index (χ3n) is 4.80. The molecule has 0 aromatic heterocycles. The van der Waals surface area contributed by atoms with Crippen molar-refractivity contribution < 1.29 is 18.1 Å². The van der Waals surface area contributed by atoms with Crippen molar-refractivity contribution >= 4 is 28.1 Å². The molecular formula is C15H24ClN3O5S. The molecule has 1 aromatic rings. The van der Waals surface area contributed by atoms with Gasteiger partial charge in [0.05, 0.1) is 12.0 Å². The summed E-state index contributed by atoms with van der Waals surface area (Å²) in [5.74, 6) is 0.138. The van der Waals surface area contributed by atoms with Crippen LogP contribution in [-0.4, -0.2) is 32.5 Å². The average molecular weight is 394 g/mol. The molecule has 2 atom stereocenters. The zero-order chi connectivity index (χ0) is 18.0. The first-order valence-electron chi connectivity index (χ1n) is 7.82. The first kappa shape index (κ1) is 21.6. The summed E-state index contributed by atoms with van der Waals surface area (Å²) >= 11 is 0. The minimum absolute atomic E-state index is 0. The number of sulfonamides is 1. The van der Waals surface area contributed by atoms with Gasteiger partial charge in [-0.3, -0.25) is 10.1 Å². The van der Waals surface area contributed by atoms with Gasteiger partial charge in [0.25, 0.3) is 5.69 Å². The van der Waals surface area contributed by atoms with Gasteiger partial charge < -0.3 is 10.5 Å². The molecule has 0 bridgehead atoms. The van der Waals surface area contributed by atoms with Gasteiger partial charge in [-0.2, -0.15) is 0 Å². The largest absolute Gasteiger partial charge is 0.495 e. The zero-order valence-electron chi connectivity index (χ0n) is 14.2. The predicted molar refractivity (Wildman–Crippen MR) is 96.6 cm³/mol. The molecule has 1 saturated carbocycles. The zero-order valence-corrected chi connectivity index (χ0v) is 15.9. The van der Waals surface area contributed by atoms with Crippen molar-refractivity contribution in [2.24, 2.45) is 11.7 Å². The van der Waals surface area contributed by atoms with Crippen LogP contribution in [0.15, 0.2) is 23.1 Å². The summed E-state index contributed by atoms with van der Waals surface area (Å²) in [5.41, 5.74) is 4.84. The van der Waals surface area contributed by atoms with E-state index in [0.29, 0.717) is 6.42 Å². The molecule has 1 aliphatic carbocycles. The highest BCUT2D eigenvalue weighted by Gasteiger charge is 2.41. The van der Waals surface area contributed by atoms with Crippen LogP contribution in [0.2, 0.25) is 0 Å². The Morgan fingerprint density at radius 3 is 2.64 bits per heavy atom. The summed E-state index contributed by atoms with van der Waals surface area (Å²) in [4.78, 5) is 10.1. The Labute approximate surface area is 153 Å². The molecule has 0 radical (unpaired) electrons. The number of nitrogens with zero attached hydrogens (tertiary/aromatic N) is 1. The van der Waals surface area contributed by atoms with Crippen LogP contribution in [0.25, 0.3) is 0 Å². The normalized spacial score (nSPS) is 23.6. The molecule has 0 amide bonds. The van der Waals surface area contributed by atoms with Gasteiger partial charge in [-0.15, -0.1) is 12.4 Å². The third-order valence-corrected chi connectivity index (χ3v) is 6.38. The fourth-order valence-corrected chi connectivity index (χ4v) is 4.95. The van der Waals surface area contributed by atoms with E-state index in [1.165, 1.54) is 19.2 Å². The van der Waals surface area contributed by atoms with E-state index in [0.717, 1.165) is 25.3 Å². The van der Waals surface area contributed by atoms with Crippen LogP contribution in [0.4, 0.5) is 5.69 Å². The number of nitro groups is 1. The highest BCUT2D eigenvalue weighted by atomic mass is 35.5. The van der Waals surface area contributed by atoms with Crippen molar-refractivity contribution in [2.75, 3.05) is 13.7 Å². The molecule has 8 nitrogen and oxygen atoms in total. The Hall–Kier alpha value is -1.42. The first-order chi connectivity index (χ1) is 11.3. The molecule has 0 heterocycles. The number of nitro benzene ring substituents is 1. The number of hydrogen-bond acceptors (Lipinski definition) is 6. The third kappa shape index (κ3) is 4.41. The van der Waals surface area contributed by atoms with Crippen LogP contribution in [-0.2, 0) is 10.0 Å². The van der Waals surface area contributed by atoms with E-state index in [1.807, 2.05) is 6.92 Å². The van der Waals surface area contributed by atoms with Crippen LogP contribution in [0, 0.1) is 16.0 Å². The molecule has 25 heavy (non-hydrogen) atoms. The number of halogens is 1. The lowest BCUT2D eigenvalue weighted by molar-refractivity contribution is -0.385. The van der Waals surface area contributed by atoms with E-state index in [9.17, 15) is 18.5 Å². The van der Waals surface area contributed by atoms with Crippen molar-refractivity contribution in [3.63, 3.8) is 0 Å². The second kappa shape index (κ2) is 8.31. The second-order valence-corrected chi connectivity index (χ2v) is 7.86. The van der Waals surface area contributed by atoms with Gasteiger partial charge in [0.2, 0.25) is 10.0 Å². The van der Waals surface area contributed by atoms with Crippen molar-refractivity contribution in [3.8, 4) is 5.75 Å². The van der Waals surface area contributed by atoms with Gasteiger partial charge >= 0.3 is 0 Å². The van der Waals surface area contributed by atoms with Gasteiger partial charge in [0.15, 0.2) is 0 Å². The molecule has 3 N–H and O–H groups in total. The number of ether oxygens (including phenoxy) is 1. The Morgan fingerprint density at radius 2 is 2.12 bits per heavy atom. The van der Waals surface area contributed by atoms with E-state index in [4.69, 9.17) is 10.5 Å². The molecule has 142 valence electrons. The summed E-state index contributed by atoms with van der Waals surface area (Å²) in [5, 5.41) is 11.0. The van der Waals surface area contributed by atoms with Crippen molar-refractivity contribution in [3.05, 3.63) is 28.3 Å². The lowest BCUT2D eigenvalue weighted by atomic mass is 9.74. The lowest BCUT2D eigenvalue weighted by Crippen LogP contribution is -2.58. The lowest BCUT2D eigenvalue weighted by Gasteiger charge is -2.42. The highest BCUT2D eigenvalue weighted by molar-refractivity contribution is 7.89. The van der Waals surface area contributed by atoms with Crippen molar-refractivity contribution in [1.29, 1.82) is 0 Å². The molecule has 2 unspecified atom stereocenters. The van der Waals surface area contributed by atoms with Gasteiger partial charge in [-0.1, -0.05) is 19.8 Å². The van der Waals surface area contributed by atoms with E-state index in [2.05, 4.69) is 4.72 Å². The minimum Gasteiger partial charge on any atom is -0.495 e. The molecule has 0 aliphatic heterocycles. The SMILES string of the molecule is COc1ccc([N+](=O)[O-])cc1S(=O)(=O)NC1(CN)CCCCC1C.Cl. The predicted octanol–water partition coefficient (Wildman–Crippen LogP) is 2.21. The summed E-state index contributed by atoms with van der Waals surface area (Å²) in [7, 11) is -2.70. The fraction of sp³-hybridized carbons (Fsp3) is 0.600. The maximum Gasteiger partial charge on any atom is 0.271 e. The molecule has 0 saturated heterocycles. The summed E-state index contributed by atoms with van der Waals surface area (Å²) in [6, 6.07) is 3.50. The van der Waals surface area contributed by atoms with Gasteiger partial charge in [-0.05, 0) is 24.8 Å². The van der Waals surface area contributed by atoms with Crippen LogP contribution >= 0.6 is 12.4 Å². The average Bonchev–Trinajstić information content (AvgIpc) is 2.56. The highest BCUT2D eigenvalue weighted by Crippen LogP contribution is 2.36. The fourth-order valence-electron chi connectivity index (χ4n) is 3.22. The molecule has 1 fully saturated rings. The first-order valence-corrected chi connectivity index (χ1v) is 9.30. The van der Waals surface area contributed by atoms with Crippen molar-refractivity contribution in [2.45, 2.75) is 43.0 Å². The molecule has 10 heteroatoms. The molecule has 1 aromatic carbocycles. The smallest absolute Gasteiger partial charge is 0.271 e. The number of nitrogens with one attached hydrogen (secondary N) is 1. The summed E-state index contributed by atoms with van der Waals surface area (Å²) in [6.07, 6.45) is 3.44. The number of non-ortho nitro benzene ring substituents is 1. The number of nitrogens with two attached hydrogens (primary N) is 1. The molecule has 2 rings (SSSR count). The Morgan fingerprint density at radius 1 is 1.44 bits per heavy atom. The Bertz CT molecular complexity index is 728. The van der Waals surface area contributed by atoms with Crippen LogP contribution in [0.5, 0.6) is 5.75 Å². The maximum atomic E-state index is 12.9. The number of rotatable bonds is 6. The monoisotopic (exact) mass is 393 g/mol. The summed E-state index contributed by atoms with van der Waals surface area (Å²) in [6.45, 7) is 2.14. The standard InChI is InChI=1S/C15H23N3O5S.ClH/c1-11-5-3-4-8-15(11,10-16)17-24(21,22)14-9-12(18(19)20)6-7-13(14)23-2;/h6-7,9,11,17H,3-5,8,10,16H2,1-2H3;1H. The minimum atomic E-state index is -4.02. The topological polar surface area (TPSA) is 125 Å². The van der Waals surface area contributed by atoms with Crippen LogP contribution in [0.3, 0.4) is 0 Å². The van der Waals surface area contributed by atoms with Crippen LogP contribution < -0.4 is 15.2 Å². The molecule has 0 spiro atoms. The van der Waals surface area contributed by atoms with Gasteiger partial charge in [0, 0.05) is 24.2 Å². The van der Waals surface area contributed by atoms with Gasteiger partial charge in [0.1, 0.15) is 10.6 Å². The number of methoxy groups -OCH3 is 1. The molecule has 1 aliphatic rings. The quantitative estimate of drug-likeness (QED) is 0.563. The van der Waals surface area contributed by atoms with E-state index >= 15 is 0 Å². The Balaban J connectivity index is 0.00000312. The van der Waals surface area contributed by atoms with E-state index in [-0.39, 0.29) is 41.2 Å².